The highest BCUT2D eigenvalue weighted by Crippen LogP contribution is 2.34. The van der Waals surface area contributed by atoms with Crippen molar-refractivity contribution < 1.29 is 4.52 Å². The monoisotopic (exact) mass is 534 g/mol. The van der Waals surface area contributed by atoms with Crippen molar-refractivity contribution in [3.05, 3.63) is 63.4 Å². The molecule has 0 bridgehead atoms. The first-order chi connectivity index (χ1) is 18.1. The number of aliphatic imine (C=N–C) groups is 1. The van der Waals surface area contributed by atoms with Crippen LogP contribution in [0, 0.1) is 20.8 Å². The number of hydrogen-bond acceptors (Lipinski definition) is 9. The Bertz CT molecular complexity index is 1400. The molecule has 3 aromatic rings. The van der Waals surface area contributed by atoms with Crippen LogP contribution in [0.2, 0.25) is 5.02 Å². The summed E-state index contributed by atoms with van der Waals surface area (Å²) in [5.74, 6) is 3.66. The molecule has 10 heteroatoms. The van der Waals surface area contributed by atoms with E-state index in [0.29, 0.717) is 28.6 Å². The van der Waals surface area contributed by atoms with Crippen LogP contribution in [0.5, 0.6) is 0 Å². The third-order valence-electron chi connectivity index (χ3n) is 7.53. The Morgan fingerprint density at radius 1 is 1.05 bits per heavy atom. The summed E-state index contributed by atoms with van der Waals surface area (Å²) in [4.78, 5) is 20.5. The van der Waals surface area contributed by atoms with Crippen LogP contribution < -0.4 is 10.6 Å². The maximum absolute atomic E-state index is 6.40. The van der Waals surface area contributed by atoms with E-state index in [1.807, 2.05) is 13.0 Å². The van der Waals surface area contributed by atoms with Crippen molar-refractivity contribution in [3.63, 3.8) is 0 Å². The van der Waals surface area contributed by atoms with Crippen molar-refractivity contribution in [2.75, 3.05) is 23.7 Å². The predicted octanol–water partition coefficient (Wildman–Crippen LogP) is 6.11. The first-order valence-electron chi connectivity index (χ1n) is 13.1. The van der Waals surface area contributed by atoms with Crippen LogP contribution in [0.1, 0.15) is 67.9 Å². The molecular formula is C28H35ClN8O. The number of benzene rings is 1. The van der Waals surface area contributed by atoms with Crippen molar-refractivity contribution >= 4 is 34.9 Å². The lowest BCUT2D eigenvalue weighted by Crippen LogP contribution is -2.33. The summed E-state index contributed by atoms with van der Waals surface area (Å²) in [6.45, 7) is 15.1. The summed E-state index contributed by atoms with van der Waals surface area (Å²) < 4.78 is 5.11. The maximum atomic E-state index is 6.40. The van der Waals surface area contributed by atoms with Crippen molar-refractivity contribution in [2.45, 2.75) is 72.4 Å². The number of aromatic nitrogens is 4. The fourth-order valence-corrected chi connectivity index (χ4v) is 5.18. The minimum Gasteiger partial charge on any atom is -0.340 e. The molecule has 1 aromatic carbocycles. The van der Waals surface area contributed by atoms with Gasteiger partial charge in [0.05, 0.1) is 18.3 Å². The molecule has 1 fully saturated rings. The van der Waals surface area contributed by atoms with Crippen LogP contribution in [0.25, 0.3) is 0 Å². The van der Waals surface area contributed by atoms with Crippen molar-refractivity contribution in [2.24, 2.45) is 4.99 Å². The summed E-state index contributed by atoms with van der Waals surface area (Å²) in [7, 11) is 0. The molecule has 0 saturated carbocycles. The summed E-state index contributed by atoms with van der Waals surface area (Å²) in [5.41, 5.74) is 5.77. The largest absolute Gasteiger partial charge is 0.340 e. The molecule has 0 aliphatic carbocycles. The predicted molar refractivity (Wildman–Crippen MR) is 151 cm³/mol. The minimum absolute atomic E-state index is 0.233. The number of likely N-dealkylation sites (tertiary alicyclic amines) is 1. The Morgan fingerprint density at radius 2 is 1.82 bits per heavy atom. The average Bonchev–Trinajstić information content (AvgIpc) is 3.39. The zero-order valence-electron chi connectivity index (χ0n) is 22.9. The van der Waals surface area contributed by atoms with Crippen molar-refractivity contribution in [3.8, 4) is 0 Å². The maximum Gasteiger partial charge on any atom is 0.229 e. The lowest BCUT2D eigenvalue weighted by Gasteiger charge is -2.32. The molecule has 200 valence electrons. The lowest BCUT2D eigenvalue weighted by molar-refractivity contribution is 0.197. The lowest BCUT2D eigenvalue weighted by atomic mass is 9.85. The van der Waals surface area contributed by atoms with Crippen LogP contribution in [-0.2, 0) is 6.54 Å². The van der Waals surface area contributed by atoms with E-state index < -0.39 is 0 Å². The van der Waals surface area contributed by atoms with E-state index in [0.717, 1.165) is 55.4 Å². The fraction of sp³-hybridized carbons (Fsp3) is 0.464. The van der Waals surface area contributed by atoms with E-state index in [9.17, 15) is 0 Å². The Balaban J connectivity index is 1.25. The van der Waals surface area contributed by atoms with Gasteiger partial charge in [0.15, 0.2) is 11.6 Å². The SMILES string of the molecule is CC1=CC(Nc2nc(Nc3cc(C)c(C4CCN(Cc5noc(C)n5)CC4)cc3C)ncc2Cl)=NC1(C)C. The Kier molecular flexibility index (Phi) is 7.24. The second-order valence-corrected chi connectivity index (χ2v) is 11.2. The van der Waals surface area contributed by atoms with Crippen LogP contribution in [0.4, 0.5) is 17.5 Å². The molecule has 0 atom stereocenters. The minimum atomic E-state index is -0.233. The molecule has 2 aliphatic rings. The smallest absolute Gasteiger partial charge is 0.229 e. The number of rotatable bonds is 6. The highest BCUT2D eigenvalue weighted by molar-refractivity contribution is 6.33. The molecule has 0 amide bonds. The van der Waals surface area contributed by atoms with Gasteiger partial charge in [0, 0.05) is 12.6 Å². The third kappa shape index (κ3) is 5.73. The number of anilines is 3. The van der Waals surface area contributed by atoms with E-state index in [1.54, 1.807) is 6.20 Å². The molecule has 0 spiro atoms. The van der Waals surface area contributed by atoms with Crippen LogP contribution in [0.15, 0.2) is 39.5 Å². The van der Waals surface area contributed by atoms with Crippen molar-refractivity contribution in [1.82, 2.24) is 25.0 Å². The second kappa shape index (κ2) is 10.5. The molecule has 2 aliphatic heterocycles. The van der Waals surface area contributed by atoms with Gasteiger partial charge in [-0.15, -0.1) is 0 Å². The molecule has 2 N–H and O–H groups in total. The number of amidine groups is 1. The van der Waals surface area contributed by atoms with E-state index in [-0.39, 0.29) is 5.54 Å². The zero-order valence-corrected chi connectivity index (χ0v) is 23.6. The summed E-state index contributed by atoms with van der Waals surface area (Å²) >= 11 is 6.40. The molecule has 9 nitrogen and oxygen atoms in total. The van der Waals surface area contributed by atoms with Gasteiger partial charge in [-0.3, -0.25) is 9.89 Å². The Morgan fingerprint density at radius 3 is 2.47 bits per heavy atom. The summed E-state index contributed by atoms with van der Waals surface area (Å²) in [6, 6.07) is 4.50. The Labute approximate surface area is 228 Å². The number of hydrogen-bond donors (Lipinski definition) is 2. The van der Waals surface area contributed by atoms with Gasteiger partial charge in [-0.05, 0) is 101 Å². The van der Waals surface area contributed by atoms with Gasteiger partial charge in [-0.1, -0.05) is 22.8 Å². The second-order valence-electron chi connectivity index (χ2n) is 10.8. The number of nitrogens with zero attached hydrogens (tertiary/aromatic N) is 6. The van der Waals surface area contributed by atoms with Gasteiger partial charge in [-0.2, -0.15) is 9.97 Å². The molecule has 4 heterocycles. The van der Waals surface area contributed by atoms with Gasteiger partial charge in [0.25, 0.3) is 0 Å². The van der Waals surface area contributed by atoms with E-state index in [2.05, 4.69) is 82.4 Å². The molecule has 1 saturated heterocycles. The summed E-state index contributed by atoms with van der Waals surface area (Å²) in [6.07, 6.45) is 5.84. The third-order valence-corrected chi connectivity index (χ3v) is 7.81. The standard InChI is InChI=1S/C28H35ClN8O/c1-16-12-23(32-27-30-14-22(29)26(34-27)33-24-13-18(3)28(5,6)35-24)17(2)11-21(16)20-7-9-37(10-8-20)15-25-31-19(4)38-36-25/h11-14,20H,7-10,15H2,1-6H3,(H2,30,32,33,34,35). The van der Waals surface area contributed by atoms with Gasteiger partial charge < -0.3 is 15.2 Å². The zero-order chi connectivity index (χ0) is 27.0. The summed E-state index contributed by atoms with van der Waals surface area (Å²) in [5, 5.41) is 11.1. The van der Waals surface area contributed by atoms with E-state index >= 15 is 0 Å². The molecule has 2 aromatic heterocycles. The number of aryl methyl sites for hydroxylation is 3. The van der Waals surface area contributed by atoms with Crippen molar-refractivity contribution in [1.29, 1.82) is 0 Å². The number of halogens is 1. The normalized spacial score (nSPS) is 17.9. The van der Waals surface area contributed by atoms with E-state index in [1.165, 1.54) is 16.7 Å². The highest BCUT2D eigenvalue weighted by atomic mass is 35.5. The molecular weight excluding hydrogens is 500 g/mol. The highest BCUT2D eigenvalue weighted by Gasteiger charge is 2.26. The van der Waals surface area contributed by atoms with Gasteiger partial charge in [-0.25, -0.2) is 4.98 Å². The van der Waals surface area contributed by atoms with Gasteiger partial charge in [0.1, 0.15) is 10.9 Å². The van der Waals surface area contributed by atoms with E-state index in [4.69, 9.17) is 21.1 Å². The topological polar surface area (TPSA) is 104 Å². The fourth-order valence-electron chi connectivity index (χ4n) is 5.04. The van der Waals surface area contributed by atoms with Gasteiger partial charge >= 0.3 is 0 Å². The molecule has 5 rings (SSSR count). The Hall–Kier alpha value is -3.30. The molecule has 38 heavy (non-hydrogen) atoms. The first-order valence-corrected chi connectivity index (χ1v) is 13.4. The quantitative estimate of drug-likeness (QED) is 0.390. The van der Waals surface area contributed by atoms with Crippen LogP contribution in [0.3, 0.4) is 0 Å². The molecule has 0 radical (unpaired) electrons. The average molecular weight is 535 g/mol. The number of piperidine rings is 1. The van der Waals surface area contributed by atoms with Crippen LogP contribution in [-0.4, -0.2) is 49.5 Å². The van der Waals surface area contributed by atoms with Gasteiger partial charge in [0.2, 0.25) is 11.8 Å². The van der Waals surface area contributed by atoms with Crippen LogP contribution >= 0.6 is 11.6 Å². The number of nitrogens with one attached hydrogen (secondary N) is 2. The first kappa shape index (κ1) is 26.3. The molecule has 0 unspecified atom stereocenters.